The summed E-state index contributed by atoms with van der Waals surface area (Å²) in [6.07, 6.45) is 1.94. The van der Waals surface area contributed by atoms with Crippen LogP contribution in [0.1, 0.15) is 20.3 Å². The largest absolute Gasteiger partial charge is 0.480 e. The molecule has 18 heavy (non-hydrogen) atoms. The second-order valence-electron chi connectivity index (χ2n) is 4.09. The van der Waals surface area contributed by atoms with E-state index in [9.17, 15) is 9.59 Å². The van der Waals surface area contributed by atoms with Gasteiger partial charge in [0.05, 0.1) is 9.98 Å². The molecule has 0 aliphatic carbocycles. The molecule has 0 saturated heterocycles. The zero-order valence-corrected chi connectivity index (χ0v) is 12.3. The van der Waals surface area contributed by atoms with Crippen molar-refractivity contribution < 1.29 is 14.7 Å². The quantitative estimate of drug-likeness (QED) is 0.770. The van der Waals surface area contributed by atoms with Crippen molar-refractivity contribution >= 4 is 44.4 Å². The Morgan fingerprint density at radius 2 is 2.22 bits per heavy atom. The number of hydrogen-bond acceptors (Lipinski definition) is 4. The molecule has 6 nitrogen and oxygen atoms in total. The third-order valence-electron chi connectivity index (χ3n) is 2.01. The molecule has 0 spiro atoms. The van der Waals surface area contributed by atoms with Crippen LogP contribution in [0.2, 0.25) is 0 Å². The highest BCUT2D eigenvalue weighted by Gasteiger charge is 2.21. The van der Waals surface area contributed by atoms with E-state index in [4.69, 9.17) is 5.11 Å². The summed E-state index contributed by atoms with van der Waals surface area (Å²) in [7, 11) is 0. The fourth-order valence-corrected chi connectivity index (χ4v) is 2.40. The maximum atomic E-state index is 11.6. The lowest BCUT2D eigenvalue weighted by molar-refractivity contribution is -0.139. The summed E-state index contributed by atoms with van der Waals surface area (Å²) in [6.45, 7) is 3.79. The Kier molecular flexibility index (Phi) is 5.54. The highest BCUT2D eigenvalue weighted by molar-refractivity contribution is 9.11. The summed E-state index contributed by atoms with van der Waals surface area (Å²) in [5.74, 6) is -0.862. The molecule has 0 unspecified atom stereocenters. The minimum absolute atomic E-state index is 0.181. The Morgan fingerprint density at radius 1 is 1.56 bits per heavy atom. The van der Waals surface area contributed by atoms with Crippen molar-refractivity contribution in [2.24, 2.45) is 5.92 Å². The van der Waals surface area contributed by atoms with E-state index < -0.39 is 18.0 Å². The molecule has 0 aromatic carbocycles. The fourth-order valence-electron chi connectivity index (χ4n) is 1.30. The highest BCUT2D eigenvalue weighted by atomic mass is 79.9. The molecule has 1 heterocycles. The van der Waals surface area contributed by atoms with Crippen molar-refractivity contribution in [2.45, 2.75) is 26.3 Å². The summed E-state index contributed by atoms with van der Waals surface area (Å²) in [5.41, 5.74) is 0. The molecule has 1 aromatic heterocycles. The maximum absolute atomic E-state index is 11.6. The second-order valence-corrected chi connectivity index (χ2v) is 6.50. The van der Waals surface area contributed by atoms with Gasteiger partial charge >= 0.3 is 12.0 Å². The van der Waals surface area contributed by atoms with E-state index in [2.05, 4.69) is 31.5 Å². The molecule has 1 aromatic rings. The standard InChI is InChI=1S/C10H14BrN3O3S/c1-5(2)3-6(8(15)16)13-9(17)14-10-12-4-7(11)18-10/h4-6H,3H2,1-2H3,(H,15,16)(H2,12,13,14,17)/t6-/m1/s1. The molecule has 1 atom stereocenters. The van der Waals surface area contributed by atoms with Crippen molar-refractivity contribution in [3.8, 4) is 0 Å². The third-order valence-corrected chi connectivity index (χ3v) is 3.40. The fraction of sp³-hybridized carbons (Fsp3) is 0.500. The molecule has 8 heteroatoms. The molecule has 1 rings (SSSR count). The summed E-state index contributed by atoms with van der Waals surface area (Å²) < 4.78 is 0.787. The van der Waals surface area contributed by atoms with Crippen molar-refractivity contribution in [1.29, 1.82) is 0 Å². The number of aliphatic carboxylic acids is 1. The van der Waals surface area contributed by atoms with Gasteiger partial charge in [0.25, 0.3) is 0 Å². The third kappa shape index (κ3) is 5.01. The first kappa shape index (κ1) is 14.9. The van der Waals surface area contributed by atoms with Crippen molar-refractivity contribution in [1.82, 2.24) is 10.3 Å². The molecule has 0 aliphatic heterocycles. The highest BCUT2D eigenvalue weighted by Crippen LogP contribution is 2.22. The van der Waals surface area contributed by atoms with E-state index in [1.54, 1.807) is 6.20 Å². The zero-order chi connectivity index (χ0) is 13.7. The van der Waals surface area contributed by atoms with Crippen molar-refractivity contribution in [3.05, 3.63) is 9.98 Å². The van der Waals surface area contributed by atoms with Crippen molar-refractivity contribution in [3.63, 3.8) is 0 Å². The Balaban J connectivity index is 2.53. The molecule has 0 radical (unpaired) electrons. The Bertz CT molecular complexity index is 436. The van der Waals surface area contributed by atoms with Gasteiger partial charge in [0.2, 0.25) is 0 Å². The van der Waals surface area contributed by atoms with Crippen LogP contribution in [0.4, 0.5) is 9.93 Å². The smallest absolute Gasteiger partial charge is 0.326 e. The number of carboxylic acids is 1. The van der Waals surface area contributed by atoms with Crippen LogP contribution in [0, 0.1) is 5.92 Å². The number of carboxylic acid groups (broad SMARTS) is 1. The van der Waals surface area contributed by atoms with Crippen LogP contribution < -0.4 is 10.6 Å². The number of urea groups is 1. The molecule has 0 bridgehead atoms. The number of rotatable bonds is 5. The molecule has 100 valence electrons. The average molecular weight is 336 g/mol. The van der Waals surface area contributed by atoms with Gasteiger partial charge in [-0.25, -0.2) is 14.6 Å². The first-order chi connectivity index (χ1) is 8.38. The number of amides is 2. The molecular formula is C10H14BrN3O3S. The number of halogens is 1. The predicted octanol–water partition coefficient (Wildman–Crippen LogP) is 2.53. The summed E-state index contributed by atoms with van der Waals surface area (Å²) in [5, 5.41) is 14.3. The Hall–Kier alpha value is -1.15. The molecule has 0 saturated carbocycles. The van der Waals surface area contributed by atoms with Gasteiger partial charge in [0.1, 0.15) is 6.04 Å². The SMILES string of the molecule is CC(C)C[C@@H](NC(=O)Nc1ncc(Br)s1)C(=O)O. The lowest BCUT2D eigenvalue weighted by Gasteiger charge is -2.16. The first-order valence-corrected chi connectivity index (χ1v) is 6.91. The van der Waals surface area contributed by atoms with Crippen LogP contribution in [-0.2, 0) is 4.79 Å². The van der Waals surface area contributed by atoms with E-state index in [0.717, 1.165) is 3.79 Å². The second kappa shape index (κ2) is 6.69. The Morgan fingerprint density at radius 3 is 2.67 bits per heavy atom. The summed E-state index contributed by atoms with van der Waals surface area (Å²) in [6, 6.07) is -1.46. The molecular weight excluding hydrogens is 322 g/mol. The molecule has 2 amide bonds. The van der Waals surface area contributed by atoms with Gasteiger partial charge in [-0.05, 0) is 28.3 Å². The van der Waals surface area contributed by atoms with Gasteiger partial charge in [-0.3, -0.25) is 5.32 Å². The zero-order valence-electron chi connectivity index (χ0n) is 9.94. The summed E-state index contributed by atoms with van der Waals surface area (Å²) >= 11 is 4.47. The lowest BCUT2D eigenvalue weighted by atomic mass is 10.0. The van der Waals surface area contributed by atoms with Crippen LogP contribution in [0.5, 0.6) is 0 Å². The number of anilines is 1. The normalized spacial score (nSPS) is 12.2. The van der Waals surface area contributed by atoms with E-state index >= 15 is 0 Å². The number of nitrogens with one attached hydrogen (secondary N) is 2. The van der Waals surface area contributed by atoms with E-state index in [1.165, 1.54) is 11.3 Å². The van der Waals surface area contributed by atoms with Gasteiger partial charge in [-0.15, -0.1) is 0 Å². The maximum Gasteiger partial charge on any atom is 0.326 e. The average Bonchev–Trinajstić information content (AvgIpc) is 2.62. The van der Waals surface area contributed by atoms with Crippen LogP contribution >= 0.6 is 27.3 Å². The van der Waals surface area contributed by atoms with Gasteiger partial charge in [0.15, 0.2) is 5.13 Å². The number of thiazole rings is 1. The van der Waals surface area contributed by atoms with Gasteiger partial charge in [0, 0.05) is 0 Å². The molecule has 0 fully saturated rings. The van der Waals surface area contributed by atoms with Crippen molar-refractivity contribution in [2.75, 3.05) is 5.32 Å². The number of nitrogens with zero attached hydrogens (tertiary/aromatic N) is 1. The van der Waals surface area contributed by atoms with Gasteiger partial charge < -0.3 is 10.4 Å². The van der Waals surface area contributed by atoms with Crippen LogP contribution in [0.3, 0.4) is 0 Å². The van der Waals surface area contributed by atoms with Gasteiger partial charge in [-0.1, -0.05) is 25.2 Å². The minimum atomic E-state index is -1.04. The topological polar surface area (TPSA) is 91.3 Å². The monoisotopic (exact) mass is 335 g/mol. The van der Waals surface area contributed by atoms with E-state index in [-0.39, 0.29) is 5.92 Å². The number of carbonyl (C=O) groups is 2. The molecule has 3 N–H and O–H groups in total. The van der Waals surface area contributed by atoms with Gasteiger partial charge in [-0.2, -0.15) is 0 Å². The number of aromatic nitrogens is 1. The molecule has 0 aliphatic rings. The lowest BCUT2D eigenvalue weighted by Crippen LogP contribution is -2.43. The number of carbonyl (C=O) groups excluding carboxylic acids is 1. The number of hydrogen-bond donors (Lipinski definition) is 3. The first-order valence-electron chi connectivity index (χ1n) is 5.30. The minimum Gasteiger partial charge on any atom is -0.480 e. The van der Waals surface area contributed by atoms with E-state index in [1.807, 2.05) is 13.8 Å². The Labute approximate surface area is 117 Å². The van der Waals surface area contributed by atoms with E-state index in [0.29, 0.717) is 11.6 Å². The van der Waals surface area contributed by atoms with Crippen LogP contribution in [-0.4, -0.2) is 28.1 Å². The van der Waals surface area contributed by atoms with Crippen LogP contribution in [0.25, 0.3) is 0 Å². The predicted molar refractivity (Wildman–Crippen MR) is 72.8 cm³/mol. The summed E-state index contributed by atoms with van der Waals surface area (Å²) in [4.78, 5) is 26.5. The van der Waals surface area contributed by atoms with Crippen LogP contribution in [0.15, 0.2) is 9.98 Å².